The summed E-state index contributed by atoms with van der Waals surface area (Å²) in [5.74, 6) is 1.29. The Morgan fingerprint density at radius 3 is 2.56 bits per heavy atom. The Balaban J connectivity index is 1.35. The van der Waals surface area contributed by atoms with Crippen LogP contribution in [0.3, 0.4) is 0 Å². The second-order valence-electron chi connectivity index (χ2n) is 6.26. The number of benzene rings is 2. The summed E-state index contributed by atoms with van der Waals surface area (Å²) in [5.41, 5.74) is 2.15. The van der Waals surface area contributed by atoms with Gasteiger partial charge in [-0.15, -0.1) is 10.2 Å². The minimum absolute atomic E-state index is 0.590. The van der Waals surface area contributed by atoms with E-state index in [0.29, 0.717) is 11.8 Å². The first kappa shape index (κ1) is 16.1. The molecule has 1 aliphatic rings. The monoisotopic (exact) mass is 355 g/mol. The van der Waals surface area contributed by atoms with Crippen LogP contribution >= 0.6 is 11.6 Å². The SMILES string of the molecule is Clc1cccc(N2CC[NH+](Cc3nnc(-c4ccccc4)o3)CC2)c1. The van der Waals surface area contributed by atoms with Gasteiger partial charge in [-0.25, -0.2) is 0 Å². The first-order chi connectivity index (χ1) is 12.3. The second-order valence-corrected chi connectivity index (χ2v) is 6.70. The highest BCUT2D eigenvalue weighted by Gasteiger charge is 2.22. The molecule has 0 saturated carbocycles. The maximum Gasteiger partial charge on any atom is 0.271 e. The van der Waals surface area contributed by atoms with Gasteiger partial charge >= 0.3 is 0 Å². The van der Waals surface area contributed by atoms with E-state index in [9.17, 15) is 0 Å². The summed E-state index contributed by atoms with van der Waals surface area (Å²) < 4.78 is 5.83. The van der Waals surface area contributed by atoms with Gasteiger partial charge in [0.05, 0.1) is 26.2 Å². The van der Waals surface area contributed by atoms with Crippen molar-refractivity contribution >= 4 is 17.3 Å². The number of hydrogen-bond donors (Lipinski definition) is 1. The number of piperazine rings is 1. The van der Waals surface area contributed by atoms with Crippen molar-refractivity contribution in [1.29, 1.82) is 0 Å². The predicted octanol–water partition coefficient (Wildman–Crippen LogP) is 2.30. The van der Waals surface area contributed by atoms with Crippen molar-refractivity contribution in [1.82, 2.24) is 10.2 Å². The van der Waals surface area contributed by atoms with E-state index in [-0.39, 0.29) is 0 Å². The molecule has 1 aliphatic heterocycles. The highest BCUT2D eigenvalue weighted by molar-refractivity contribution is 6.30. The van der Waals surface area contributed by atoms with Crippen LogP contribution in [0.4, 0.5) is 5.69 Å². The van der Waals surface area contributed by atoms with Gasteiger partial charge in [0.1, 0.15) is 0 Å². The van der Waals surface area contributed by atoms with Crippen LogP contribution in [0, 0.1) is 0 Å². The molecule has 2 heterocycles. The van der Waals surface area contributed by atoms with E-state index in [4.69, 9.17) is 16.0 Å². The number of hydrogen-bond acceptors (Lipinski definition) is 4. The largest absolute Gasteiger partial charge is 0.415 e. The van der Waals surface area contributed by atoms with Crippen LogP contribution in [0.5, 0.6) is 0 Å². The maximum absolute atomic E-state index is 6.09. The summed E-state index contributed by atoms with van der Waals surface area (Å²) in [5, 5.41) is 9.16. The number of nitrogens with one attached hydrogen (secondary N) is 1. The van der Waals surface area contributed by atoms with Crippen LogP contribution in [-0.2, 0) is 6.54 Å². The maximum atomic E-state index is 6.09. The molecule has 0 atom stereocenters. The Bertz CT molecular complexity index is 828. The zero-order chi connectivity index (χ0) is 17.1. The molecule has 128 valence electrons. The zero-order valence-corrected chi connectivity index (χ0v) is 14.6. The van der Waals surface area contributed by atoms with Crippen molar-refractivity contribution in [2.75, 3.05) is 31.1 Å². The molecule has 2 aromatic carbocycles. The highest BCUT2D eigenvalue weighted by atomic mass is 35.5. The van der Waals surface area contributed by atoms with Gasteiger partial charge in [-0.2, -0.15) is 0 Å². The summed E-state index contributed by atoms with van der Waals surface area (Å²) in [6.07, 6.45) is 0. The Hall–Kier alpha value is -2.37. The van der Waals surface area contributed by atoms with E-state index >= 15 is 0 Å². The summed E-state index contributed by atoms with van der Waals surface area (Å²) >= 11 is 6.09. The molecule has 25 heavy (non-hydrogen) atoms. The minimum atomic E-state index is 0.590. The number of quaternary nitrogens is 1. The van der Waals surface area contributed by atoms with Gasteiger partial charge < -0.3 is 14.2 Å². The Morgan fingerprint density at radius 1 is 1.00 bits per heavy atom. The summed E-state index contributed by atoms with van der Waals surface area (Å²) in [6.45, 7) is 4.83. The van der Waals surface area contributed by atoms with Crippen molar-refractivity contribution in [3.05, 3.63) is 65.5 Å². The van der Waals surface area contributed by atoms with E-state index < -0.39 is 0 Å². The molecule has 5 nitrogen and oxygen atoms in total. The third kappa shape index (κ3) is 3.83. The van der Waals surface area contributed by atoms with Gasteiger partial charge in [-0.3, -0.25) is 0 Å². The molecule has 1 aromatic heterocycles. The fraction of sp³-hybridized carbons (Fsp3) is 0.263. The molecule has 0 bridgehead atoms. The molecule has 0 aliphatic carbocycles. The molecule has 0 unspecified atom stereocenters. The number of halogens is 1. The lowest BCUT2D eigenvalue weighted by molar-refractivity contribution is -0.915. The van der Waals surface area contributed by atoms with Crippen molar-refractivity contribution in [2.24, 2.45) is 0 Å². The molecule has 6 heteroatoms. The lowest BCUT2D eigenvalue weighted by atomic mass is 10.2. The lowest BCUT2D eigenvalue weighted by Gasteiger charge is -2.33. The quantitative estimate of drug-likeness (QED) is 0.780. The van der Waals surface area contributed by atoms with Crippen LogP contribution in [-0.4, -0.2) is 36.4 Å². The molecule has 0 spiro atoms. The van der Waals surface area contributed by atoms with Crippen molar-refractivity contribution in [2.45, 2.75) is 6.54 Å². The molecule has 3 aromatic rings. The second kappa shape index (κ2) is 7.25. The summed E-state index contributed by atoms with van der Waals surface area (Å²) in [6, 6.07) is 17.9. The first-order valence-corrected chi connectivity index (χ1v) is 8.87. The van der Waals surface area contributed by atoms with Gasteiger partial charge in [0.25, 0.3) is 5.89 Å². The molecule has 0 radical (unpaired) electrons. The summed E-state index contributed by atoms with van der Waals surface area (Å²) in [7, 11) is 0. The van der Waals surface area contributed by atoms with Crippen LogP contribution < -0.4 is 9.80 Å². The number of nitrogens with zero attached hydrogens (tertiary/aromatic N) is 3. The number of anilines is 1. The van der Waals surface area contributed by atoms with Crippen molar-refractivity contribution < 1.29 is 9.32 Å². The van der Waals surface area contributed by atoms with E-state index in [1.807, 2.05) is 48.5 Å². The fourth-order valence-electron chi connectivity index (χ4n) is 3.17. The van der Waals surface area contributed by atoms with Crippen LogP contribution in [0.25, 0.3) is 11.5 Å². The Labute approximate surface area is 151 Å². The van der Waals surface area contributed by atoms with E-state index in [0.717, 1.165) is 43.3 Å². The number of aromatic nitrogens is 2. The van der Waals surface area contributed by atoms with Crippen LogP contribution in [0.2, 0.25) is 5.02 Å². The van der Waals surface area contributed by atoms with E-state index in [1.54, 1.807) is 0 Å². The summed E-state index contributed by atoms with van der Waals surface area (Å²) in [4.78, 5) is 3.83. The normalized spacial score (nSPS) is 15.5. The van der Waals surface area contributed by atoms with Gasteiger partial charge in [-0.05, 0) is 30.3 Å². The average molecular weight is 356 g/mol. The third-order valence-corrected chi connectivity index (χ3v) is 4.77. The number of rotatable bonds is 4. The van der Waals surface area contributed by atoms with E-state index in [2.05, 4.69) is 21.2 Å². The van der Waals surface area contributed by atoms with Crippen LogP contribution in [0.1, 0.15) is 5.89 Å². The molecule has 1 saturated heterocycles. The average Bonchev–Trinajstić information content (AvgIpc) is 3.12. The van der Waals surface area contributed by atoms with Gasteiger partial charge in [-0.1, -0.05) is 35.9 Å². The van der Waals surface area contributed by atoms with E-state index in [1.165, 1.54) is 10.6 Å². The smallest absolute Gasteiger partial charge is 0.271 e. The topological polar surface area (TPSA) is 46.6 Å². The highest BCUT2D eigenvalue weighted by Crippen LogP contribution is 2.19. The van der Waals surface area contributed by atoms with Gasteiger partial charge in [0, 0.05) is 16.3 Å². The first-order valence-electron chi connectivity index (χ1n) is 8.50. The lowest BCUT2D eigenvalue weighted by Crippen LogP contribution is -3.13. The Kier molecular flexibility index (Phi) is 4.68. The standard InChI is InChI=1S/C19H19ClN4O/c20-16-7-4-8-17(13-16)24-11-9-23(10-12-24)14-18-21-22-19(25-18)15-5-2-1-3-6-15/h1-8,13H,9-12,14H2/p+1. The molecule has 0 amide bonds. The van der Waals surface area contributed by atoms with Crippen molar-refractivity contribution in [3.63, 3.8) is 0 Å². The minimum Gasteiger partial charge on any atom is -0.415 e. The molecular formula is C19H20ClN4O+. The van der Waals surface area contributed by atoms with Crippen molar-refractivity contribution in [3.8, 4) is 11.5 Å². The molecule has 1 fully saturated rings. The Morgan fingerprint density at radius 2 is 1.80 bits per heavy atom. The molecular weight excluding hydrogens is 336 g/mol. The molecule has 4 rings (SSSR count). The molecule has 1 N–H and O–H groups in total. The van der Waals surface area contributed by atoms with Crippen LogP contribution in [0.15, 0.2) is 59.0 Å². The predicted molar refractivity (Wildman–Crippen MR) is 97.8 cm³/mol. The zero-order valence-electron chi connectivity index (χ0n) is 13.9. The third-order valence-electron chi connectivity index (χ3n) is 4.53. The van der Waals surface area contributed by atoms with Gasteiger partial charge in [0.2, 0.25) is 5.89 Å². The van der Waals surface area contributed by atoms with Gasteiger partial charge in [0.15, 0.2) is 6.54 Å². The fourth-order valence-corrected chi connectivity index (χ4v) is 3.35.